The summed E-state index contributed by atoms with van der Waals surface area (Å²) in [6, 6.07) is 0. The van der Waals surface area contributed by atoms with Crippen LogP contribution in [-0.2, 0) is 13.1 Å². The number of imidazole rings is 2. The first-order valence-electron chi connectivity index (χ1n) is 6.69. The van der Waals surface area contributed by atoms with Crippen LogP contribution >= 0.6 is 15.9 Å². The number of nitrogens with two attached hydrogens (primary N) is 1. The van der Waals surface area contributed by atoms with Crippen LogP contribution in [0.2, 0.25) is 0 Å². The van der Waals surface area contributed by atoms with E-state index >= 15 is 0 Å². The zero-order chi connectivity index (χ0) is 14.6. The van der Waals surface area contributed by atoms with Crippen LogP contribution in [0.25, 0.3) is 5.52 Å². The molecule has 0 fully saturated rings. The monoisotopic (exact) mass is 347 g/mol. The molecular weight excluding hydrogens is 334 g/mol. The zero-order valence-electron chi connectivity index (χ0n) is 11.5. The Morgan fingerprint density at radius 3 is 3.00 bits per heavy atom. The van der Waals surface area contributed by atoms with Crippen molar-refractivity contribution >= 4 is 33.2 Å². The number of aryl methyl sites for hydroxylation is 1. The van der Waals surface area contributed by atoms with E-state index in [-0.39, 0.29) is 0 Å². The van der Waals surface area contributed by atoms with Gasteiger partial charge >= 0.3 is 0 Å². The van der Waals surface area contributed by atoms with Crippen molar-refractivity contribution in [1.82, 2.24) is 23.9 Å². The second kappa shape index (κ2) is 4.45. The molecule has 1 aliphatic rings. The summed E-state index contributed by atoms with van der Waals surface area (Å²) in [5, 5.41) is 0. The van der Waals surface area contributed by atoms with Gasteiger partial charge in [0.25, 0.3) is 0 Å². The molecule has 0 aliphatic carbocycles. The fourth-order valence-corrected chi connectivity index (χ4v) is 3.37. The molecule has 0 radical (unpaired) electrons. The third-order valence-corrected chi connectivity index (χ3v) is 4.42. The van der Waals surface area contributed by atoms with E-state index in [9.17, 15) is 0 Å². The molecule has 0 aromatic carbocycles. The number of halogens is 1. The zero-order valence-corrected chi connectivity index (χ0v) is 13.1. The number of anilines is 2. The first-order valence-corrected chi connectivity index (χ1v) is 7.48. The highest BCUT2D eigenvalue weighted by Crippen LogP contribution is 2.29. The summed E-state index contributed by atoms with van der Waals surface area (Å²) in [6.07, 6.45) is 5.49. The van der Waals surface area contributed by atoms with E-state index in [4.69, 9.17) is 5.73 Å². The molecule has 0 unspecified atom stereocenters. The molecule has 0 saturated carbocycles. The summed E-state index contributed by atoms with van der Waals surface area (Å²) < 4.78 is 4.93. The van der Waals surface area contributed by atoms with Gasteiger partial charge in [0.05, 0.1) is 6.54 Å². The third kappa shape index (κ3) is 1.82. The molecule has 1 aliphatic heterocycles. The molecule has 0 spiro atoms. The van der Waals surface area contributed by atoms with Gasteiger partial charge in [-0.15, -0.1) is 0 Å². The van der Waals surface area contributed by atoms with Crippen LogP contribution in [0.15, 0.2) is 23.2 Å². The maximum absolute atomic E-state index is 5.94. The topological polar surface area (TPSA) is 77.3 Å². The lowest BCUT2D eigenvalue weighted by Crippen LogP contribution is -2.35. The molecule has 7 nitrogen and oxygen atoms in total. The van der Waals surface area contributed by atoms with Crippen molar-refractivity contribution in [1.29, 1.82) is 0 Å². The van der Waals surface area contributed by atoms with Gasteiger partial charge in [-0.1, -0.05) is 0 Å². The molecule has 0 atom stereocenters. The smallest absolute Gasteiger partial charge is 0.211 e. The second-order valence-corrected chi connectivity index (χ2v) is 5.87. The highest BCUT2D eigenvalue weighted by atomic mass is 79.9. The lowest BCUT2D eigenvalue weighted by atomic mass is 10.3. The van der Waals surface area contributed by atoms with Gasteiger partial charge in [-0.2, -0.15) is 0 Å². The van der Waals surface area contributed by atoms with Gasteiger partial charge in [-0.25, -0.2) is 15.0 Å². The van der Waals surface area contributed by atoms with Crippen molar-refractivity contribution < 1.29 is 0 Å². The predicted molar refractivity (Wildman–Crippen MR) is 83.1 cm³/mol. The Labute approximate surface area is 129 Å². The third-order valence-electron chi connectivity index (χ3n) is 3.87. The predicted octanol–water partition coefficient (Wildman–Crippen LogP) is 1.60. The fourth-order valence-electron chi connectivity index (χ4n) is 2.81. The van der Waals surface area contributed by atoms with E-state index in [1.807, 2.05) is 16.8 Å². The standard InChI is InChI=1S/C13H14BrN7/c1-8-6-17-9-7-19(4-5-20(8)9)13-18-11(14)10-12(15)16-2-3-21(10)13/h2-3,6H,4-5,7H2,1H3,(H2,15,16). The van der Waals surface area contributed by atoms with Crippen LogP contribution < -0.4 is 10.6 Å². The Bertz CT molecular complexity index is 835. The summed E-state index contributed by atoms with van der Waals surface area (Å²) in [5.74, 6) is 2.39. The lowest BCUT2D eigenvalue weighted by Gasteiger charge is -2.28. The minimum absolute atomic E-state index is 0.470. The number of fused-ring (bicyclic) bond motifs is 2. The Morgan fingerprint density at radius 2 is 2.14 bits per heavy atom. The Hall–Kier alpha value is -2.09. The van der Waals surface area contributed by atoms with Gasteiger partial charge in [0.2, 0.25) is 5.95 Å². The van der Waals surface area contributed by atoms with E-state index in [0.29, 0.717) is 10.4 Å². The SMILES string of the molecule is Cc1cnc2n1CCN(c1nc(Br)c3c(N)nccn13)C2. The summed E-state index contributed by atoms with van der Waals surface area (Å²) in [5.41, 5.74) is 7.95. The number of hydrogen-bond donors (Lipinski definition) is 1. The van der Waals surface area contributed by atoms with Crippen LogP contribution in [0.4, 0.5) is 11.8 Å². The van der Waals surface area contributed by atoms with E-state index in [0.717, 1.165) is 36.9 Å². The molecular formula is C13H14BrN7. The maximum atomic E-state index is 5.94. The minimum atomic E-state index is 0.470. The molecule has 0 amide bonds. The molecule has 21 heavy (non-hydrogen) atoms. The van der Waals surface area contributed by atoms with E-state index in [1.165, 1.54) is 5.69 Å². The van der Waals surface area contributed by atoms with Crippen molar-refractivity contribution in [2.75, 3.05) is 17.2 Å². The number of aromatic nitrogens is 5. The highest BCUT2D eigenvalue weighted by Gasteiger charge is 2.23. The minimum Gasteiger partial charge on any atom is -0.382 e. The maximum Gasteiger partial charge on any atom is 0.211 e. The summed E-state index contributed by atoms with van der Waals surface area (Å²) >= 11 is 3.47. The molecule has 8 heteroatoms. The largest absolute Gasteiger partial charge is 0.382 e. The number of nitrogens with zero attached hydrogens (tertiary/aromatic N) is 6. The molecule has 108 valence electrons. The van der Waals surface area contributed by atoms with E-state index in [2.05, 4.69) is 47.3 Å². The van der Waals surface area contributed by atoms with Crippen molar-refractivity contribution in [3.05, 3.63) is 34.7 Å². The normalized spacial score (nSPS) is 14.7. The molecule has 4 rings (SSSR count). The lowest BCUT2D eigenvalue weighted by molar-refractivity contribution is 0.542. The van der Waals surface area contributed by atoms with Crippen molar-refractivity contribution in [3.8, 4) is 0 Å². The Kier molecular flexibility index (Phi) is 2.68. The Morgan fingerprint density at radius 1 is 1.29 bits per heavy atom. The Balaban J connectivity index is 1.80. The second-order valence-electron chi connectivity index (χ2n) is 5.12. The van der Waals surface area contributed by atoms with Gasteiger partial charge in [-0.3, -0.25) is 4.40 Å². The van der Waals surface area contributed by atoms with Crippen LogP contribution in [-0.4, -0.2) is 30.5 Å². The number of rotatable bonds is 1. The number of hydrogen-bond acceptors (Lipinski definition) is 5. The van der Waals surface area contributed by atoms with E-state index in [1.54, 1.807) is 6.20 Å². The first kappa shape index (κ1) is 12.6. The van der Waals surface area contributed by atoms with Crippen molar-refractivity contribution in [2.24, 2.45) is 0 Å². The van der Waals surface area contributed by atoms with Gasteiger partial charge in [0.1, 0.15) is 15.9 Å². The molecule has 3 aromatic heterocycles. The van der Waals surface area contributed by atoms with Crippen molar-refractivity contribution in [3.63, 3.8) is 0 Å². The van der Waals surface area contributed by atoms with Crippen molar-refractivity contribution in [2.45, 2.75) is 20.0 Å². The quantitative estimate of drug-likeness (QED) is 0.723. The van der Waals surface area contributed by atoms with Crippen LogP contribution in [0, 0.1) is 6.92 Å². The highest BCUT2D eigenvalue weighted by molar-refractivity contribution is 9.10. The molecule has 2 N–H and O–H groups in total. The van der Waals surface area contributed by atoms with Crippen LogP contribution in [0.1, 0.15) is 11.5 Å². The van der Waals surface area contributed by atoms with Gasteiger partial charge in [-0.05, 0) is 22.9 Å². The first-order chi connectivity index (χ1) is 10.1. The summed E-state index contributed by atoms with van der Waals surface area (Å²) in [7, 11) is 0. The van der Waals surface area contributed by atoms with E-state index < -0.39 is 0 Å². The molecule has 0 bridgehead atoms. The van der Waals surface area contributed by atoms with Gasteiger partial charge in [0, 0.05) is 37.4 Å². The van der Waals surface area contributed by atoms with Gasteiger partial charge < -0.3 is 15.2 Å². The average molecular weight is 348 g/mol. The molecule has 3 aromatic rings. The average Bonchev–Trinajstić information content (AvgIpc) is 3.01. The fraction of sp³-hybridized carbons (Fsp3) is 0.308. The molecule has 0 saturated heterocycles. The summed E-state index contributed by atoms with van der Waals surface area (Å²) in [4.78, 5) is 15.4. The van der Waals surface area contributed by atoms with Gasteiger partial charge in [0.15, 0.2) is 5.82 Å². The van der Waals surface area contributed by atoms with Crippen LogP contribution in [0.5, 0.6) is 0 Å². The summed E-state index contributed by atoms with van der Waals surface area (Å²) in [6.45, 7) is 4.62. The molecule has 4 heterocycles. The number of nitrogen functional groups attached to an aromatic ring is 1. The van der Waals surface area contributed by atoms with Crippen LogP contribution in [0.3, 0.4) is 0 Å².